The molecular formula is C19H16N2O5. The Morgan fingerprint density at radius 3 is 2.27 bits per heavy atom. The molecule has 0 spiro atoms. The molecule has 5 N–H and O–H groups in total. The maximum Gasteiger partial charge on any atom is 0.262 e. The molecule has 0 aliphatic carbocycles. The highest BCUT2D eigenvalue weighted by molar-refractivity contribution is 5.97. The summed E-state index contributed by atoms with van der Waals surface area (Å²) in [6.07, 6.45) is 4.34. The Morgan fingerprint density at radius 2 is 1.65 bits per heavy atom. The van der Waals surface area contributed by atoms with Crippen molar-refractivity contribution in [1.29, 1.82) is 5.26 Å². The standard InChI is InChI=1S/C19H16N2O5/c20-10-14(3-1-2-12-4-6-15(22)17(24)8-12)19(26)21-11-13-5-7-16(23)18(25)9-13/h1-9,22-25H,11H2,(H,21,26). The van der Waals surface area contributed by atoms with Crippen LogP contribution in [-0.2, 0) is 11.3 Å². The number of amides is 1. The van der Waals surface area contributed by atoms with Crippen LogP contribution in [0.3, 0.4) is 0 Å². The molecule has 132 valence electrons. The smallest absolute Gasteiger partial charge is 0.262 e. The number of benzene rings is 2. The van der Waals surface area contributed by atoms with Crippen molar-refractivity contribution in [2.24, 2.45) is 0 Å². The minimum Gasteiger partial charge on any atom is -0.504 e. The zero-order chi connectivity index (χ0) is 19.1. The number of allylic oxidation sites excluding steroid dienone is 2. The highest BCUT2D eigenvalue weighted by atomic mass is 16.3. The fourth-order valence-electron chi connectivity index (χ4n) is 2.02. The Balaban J connectivity index is 2.01. The molecule has 0 aliphatic heterocycles. The van der Waals surface area contributed by atoms with Crippen LogP contribution in [0.5, 0.6) is 23.0 Å². The monoisotopic (exact) mass is 352 g/mol. The predicted molar refractivity (Wildman–Crippen MR) is 94.1 cm³/mol. The SMILES string of the molecule is N#CC(=CC=Cc1ccc(O)c(O)c1)C(=O)NCc1ccc(O)c(O)c1. The van der Waals surface area contributed by atoms with Gasteiger partial charge in [0.05, 0.1) is 0 Å². The minimum absolute atomic E-state index is 0.0707. The van der Waals surface area contributed by atoms with Crippen molar-refractivity contribution < 1.29 is 25.2 Å². The molecule has 0 radical (unpaired) electrons. The minimum atomic E-state index is -0.599. The van der Waals surface area contributed by atoms with E-state index in [4.69, 9.17) is 5.26 Å². The van der Waals surface area contributed by atoms with Gasteiger partial charge in [0.2, 0.25) is 0 Å². The fraction of sp³-hybridized carbons (Fsp3) is 0.0526. The molecule has 0 unspecified atom stereocenters. The van der Waals surface area contributed by atoms with E-state index < -0.39 is 5.91 Å². The molecule has 0 aromatic heterocycles. The van der Waals surface area contributed by atoms with Gasteiger partial charge in [-0.2, -0.15) is 5.26 Å². The Kier molecular flexibility index (Phi) is 5.85. The van der Waals surface area contributed by atoms with Gasteiger partial charge in [-0.05, 0) is 41.5 Å². The van der Waals surface area contributed by atoms with Crippen LogP contribution in [0.2, 0.25) is 0 Å². The van der Waals surface area contributed by atoms with E-state index >= 15 is 0 Å². The molecule has 26 heavy (non-hydrogen) atoms. The Hall–Kier alpha value is -3.92. The van der Waals surface area contributed by atoms with Crippen molar-refractivity contribution in [2.45, 2.75) is 6.54 Å². The summed E-state index contributed by atoms with van der Waals surface area (Å²) in [5.41, 5.74) is 1.00. The van der Waals surface area contributed by atoms with Crippen LogP contribution in [0.25, 0.3) is 6.08 Å². The van der Waals surface area contributed by atoms with Crippen molar-refractivity contribution >= 4 is 12.0 Å². The summed E-state index contributed by atoms with van der Waals surface area (Å²) in [4.78, 5) is 12.0. The second-order valence-electron chi connectivity index (χ2n) is 5.31. The van der Waals surface area contributed by atoms with Crippen LogP contribution in [0.1, 0.15) is 11.1 Å². The summed E-state index contributed by atoms with van der Waals surface area (Å²) in [6, 6.07) is 10.1. The summed E-state index contributed by atoms with van der Waals surface area (Å²) >= 11 is 0. The molecule has 7 heteroatoms. The summed E-state index contributed by atoms with van der Waals surface area (Å²) in [7, 11) is 0. The van der Waals surface area contributed by atoms with E-state index in [1.807, 2.05) is 0 Å². The number of hydrogen-bond donors (Lipinski definition) is 5. The lowest BCUT2D eigenvalue weighted by Gasteiger charge is -2.05. The second-order valence-corrected chi connectivity index (χ2v) is 5.31. The molecule has 0 saturated heterocycles. The molecule has 2 aromatic carbocycles. The van der Waals surface area contributed by atoms with Gasteiger partial charge in [-0.1, -0.05) is 24.3 Å². The third-order valence-electron chi connectivity index (χ3n) is 3.41. The number of carbonyl (C=O) groups excluding carboxylic acids is 1. The first-order valence-electron chi connectivity index (χ1n) is 7.50. The molecule has 0 heterocycles. The average molecular weight is 352 g/mol. The fourth-order valence-corrected chi connectivity index (χ4v) is 2.02. The number of phenolic OH excluding ortho intramolecular Hbond substituents is 4. The van der Waals surface area contributed by atoms with Gasteiger partial charge in [-0.25, -0.2) is 0 Å². The summed E-state index contributed by atoms with van der Waals surface area (Å²) in [6.45, 7) is 0.0707. The largest absolute Gasteiger partial charge is 0.504 e. The van der Waals surface area contributed by atoms with Gasteiger partial charge in [0.25, 0.3) is 5.91 Å². The molecule has 7 nitrogen and oxygen atoms in total. The number of carbonyl (C=O) groups is 1. The highest BCUT2D eigenvalue weighted by Crippen LogP contribution is 2.26. The number of hydrogen-bond acceptors (Lipinski definition) is 6. The molecular weight excluding hydrogens is 336 g/mol. The first-order valence-corrected chi connectivity index (χ1v) is 7.50. The predicted octanol–water partition coefficient (Wildman–Crippen LogP) is 2.29. The number of aromatic hydroxyl groups is 4. The van der Waals surface area contributed by atoms with E-state index in [0.29, 0.717) is 11.1 Å². The Morgan fingerprint density at radius 1 is 1.00 bits per heavy atom. The number of nitrogens with one attached hydrogen (secondary N) is 1. The molecule has 2 rings (SSSR count). The van der Waals surface area contributed by atoms with Crippen molar-refractivity contribution in [3.05, 3.63) is 65.3 Å². The quantitative estimate of drug-likeness (QED) is 0.243. The van der Waals surface area contributed by atoms with E-state index in [1.165, 1.54) is 42.5 Å². The van der Waals surface area contributed by atoms with Gasteiger partial charge in [-0.3, -0.25) is 4.79 Å². The van der Waals surface area contributed by atoms with Crippen LogP contribution in [0.15, 0.2) is 54.1 Å². The summed E-state index contributed by atoms with van der Waals surface area (Å²) in [5, 5.41) is 48.9. The topological polar surface area (TPSA) is 134 Å². The van der Waals surface area contributed by atoms with E-state index in [1.54, 1.807) is 18.2 Å². The molecule has 0 bridgehead atoms. The Labute approximate surface area is 149 Å². The van der Waals surface area contributed by atoms with E-state index in [-0.39, 0.29) is 35.1 Å². The highest BCUT2D eigenvalue weighted by Gasteiger charge is 2.08. The van der Waals surface area contributed by atoms with Gasteiger partial charge in [-0.15, -0.1) is 0 Å². The molecule has 0 saturated carbocycles. The first-order chi connectivity index (χ1) is 12.4. The van der Waals surface area contributed by atoms with Crippen LogP contribution in [0.4, 0.5) is 0 Å². The third-order valence-corrected chi connectivity index (χ3v) is 3.41. The van der Waals surface area contributed by atoms with E-state index in [9.17, 15) is 25.2 Å². The molecule has 0 atom stereocenters. The summed E-state index contributed by atoms with van der Waals surface area (Å²) < 4.78 is 0. The van der Waals surface area contributed by atoms with Crippen LogP contribution >= 0.6 is 0 Å². The zero-order valence-corrected chi connectivity index (χ0v) is 13.5. The Bertz CT molecular complexity index is 926. The molecule has 2 aromatic rings. The van der Waals surface area contributed by atoms with E-state index in [0.717, 1.165) is 0 Å². The van der Waals surface area contributed by atoms with Crippen molar-refractivity contribution in [2.75, 3.05) is 0 Å². The summed E-state index contributed by atoms with van der Waals surface area (Å²) in [5.74, 6) is -1.67. The molecule has 0 aliphatic rings. The van der Waals surface area contributed by atoms with Crippen molar-refractivity contribution in [3.63, 3.8) is 0 Å². The van der Waals surface area contributed by atoms with Gasteiger partial charge in [0, 0.05) is 6.54 Å². The number of rotatable bonds is 5. The van der Waals surface area contributed by atoms with Crippen LogP contribution in [0, 0.1) is 11.3 Å². The normalized spacial score (nSPS) is 11.3. The second kappa shape index (κ2) is 8.26. The maximum atomic E-state index is 12.0. The number of nitrogens with zero attached hydrogens (tertiary/aromatic N) is 1. The lowest BCUT2D eigenvalue weighted by Crippen LogP contribution is -2.23. The van der Waals surface area contributed by atoms with Gasteiger partial charge in [0.15, 0.2) is 23.0 Å². The van der Waals surface area contributed by atoms with E-state index in [2.05, 4.69) is 5.32 Å². The van der Waals surface area contributed by atoms with Gasteiger partial charge < -0.3 is 25.7 Å². The lowest BCUT2D eigenvalue weighted by molar-refractivity contribution is -0.117. The maximum absolute atomic E-state index is 12.0. The number of phenols is 4. The first kappa shape index (κ1) is 18.4. The molecule has 1 amide bonds. The van der Waals surface area contributed by atoms with Crippen molar-refractivity contribution in [3.8, 4) is 29.1 Å². The van der Waals surface area contributed by atoms with Gasteiger partial charge in [0.1, 0.15) is 11.6 Å². The third kappa shape index (κ3) is 4.79. The van der Waals surface area contributed by atoms with Crippen LogP contribution in [-0.4, -0.2) is 26.3 Å². The van der Waals surface area contributed by atoms with Crippen LogP contribution < -0.4 is 5.32 Å². The zero-order valence-electron chi connectivity index (χ0n) is 13.5. The molecule has 0 fully saturated rings. The lowest BCUT2D eigenvalue weighted by atomic mass is 10.1. The van der Waals surface area contributed by atoms with Crippen molar-refractivity contribution in [1.82, 2.24) is 5.32 Å². The average Bonchev–Trinajstić information content (AvgIpc) is 2.62. The van der Waals surface area contributed by atoms with Gasteiger partial charge >= 0.3 is 0 Å². The number of nitriles is 1.